The molecule has 3 rings (SSSR count). The number of anilines is 1. The number of nitrogens with zero attached hydrogens (tertiary/aromatic N) is 2. The van der Waals surface area contributed by atoms with Crippen molar-refractivity contribution in [3.05, 3.63) is 41.6 Å². The first kappa shape index (κ1) is 23.8. The van der Waals surface area contributed by atoms with Gasteiger partial charge in [0, 0.05) is 24.4 Å². The summed E-state index contributed by atoms with van der Waals surface area (Å²) in [6.07, 6.45) is 0.519. The summed E-state index contributed by atoms with van der Waals surface area (Å²) < 4.78 is 30.7. The largest absolute Gasteiger partial charge is 0.496 e. The number of para-hydroxylation sites is 1. The number of carbonyl (C=O) groups excluding carboxylic acids is 2. The van der Waals surface area contributed by atoms with E-state index in [-0.39, 0.29) is 47.7 Å². The van der Waals surface area contributed by atoms with Crippen molar-refractivity contribution < 1.29 is 22.7 Å². The number of methoxy groups -OCH3 is 1. The predicted molar refractivity (Wildman–Crippen MR) is 122 cm³/mol. The summed E-state index contributed by atoms with van der Waals surface area (Å²) >= 11 is 0. The van der Waals surface area contributed by atoms with Crippen molar-refractivity contribution in [2.45, 2.75) is 45.1 Å². The molecule has 1 fully saturated rings. The number of hydrogen-bond acceptors (Lipinski definition) is 6. The van der Waals surface area contributed by atoms with Crippen LogP contribution in [-0.2, 0) is 20.0 Å². The number of nitrogens with one attached hydrogen (secondary N) is 2. The molecule has 1 aromatic carbocycles. The maximum atomic E-state index is 12.6. The second-order valence-corrected chi connectivity index (χ2v) is 11.1. The first-order chi connectivity index (χ1) is 15.0. The van der Waals surface area contributed by atoms with Crippen LogP contribution in [0.25, 0.3) is 0 Å². The van der Waals surface area contributed by atoms with E-state index in [1.807, 2.05) is 20.8 Å². The van der Waals surface area contributed by atoms with E-state index in [9.17, 15) is 18.0 Å². The molecule has 2 amide bonds. The number of sulfone groups is 1. The Labute approximate surface area is 188 Å². The van der Waals surface area contributed by atoms with Gasteiger partial charge < -0.3 is 15.4 Å². The average molecular weight is 463 g/mol. The average Bonchev–Trinajstić information content (AvgIpc) is 3.30. The molecule has 1 saturated heterocycles. The number of hydrogen-bond donors (Lipinski definition) is 2. The molecule has 0 spiro atoms. The van der Waals surface area contributed by atoms with Gasteiger partial charge in [0.25, 0.3) is 5.91 Å². The maximum Gasteiger partial charge on any atom is 0.255 e. The molecule has 10 heteroatoms. The van der Waals surface area contributed by atoms with Gasteiger partial charge in [-0.15, -0.1) is 0 Å². The summed E-state index contributed by atoms with van der Waals surface area (Å²) in [6.45, 7) is 6.15. The summed E-state index contributed by atoms with van der Waals surface area (Å²) in [5.41, 5.74) is 0.901. The highest BCUT2D eigenvalue weighted by atomic mass is 32.2. The van der Waals surface area contributed by atoms with Crippen LogP contribution in [0.4, 0.5) is 5.82 Å². The molecule has 1 unspecified atom stereocenters. The van der Waals surface area contributed by atoms with Crippen LogP contribution in [0, 0.1) is 0 Å². The van der Waals surface area contributed by atoms with Gasteiger partial charge in [-0.25, -0.2) is 13.1 Å². The zero-order valence-electron chi connectivity index (χ0n) is 18.8. The monoisotopic (exact) mass is 462 g/mol. The van der Waals surface area contributed by atoms with Gasteiger partial charge >= 0.3 is 0 Å². The fraction of sp³-hybridized carbons (Fsp3) is 0.500. The third-order valence-corrected chi connectivity index (χ3v) is 7.07. The summed E-state index contributed by atoms with van der Waals surface area (Å²) in [7, 11) is -1.61. The lowest BCUT2D eigenvalue weighted by molar-refractivity contribution is -0.116. The Bertz CT molecular complexity index is 1100. The maximum absolute atomic E-state index is 12.6. The van der Waals surface area contributed by atoms with Crippen LogP contribution >= 0.6 is 0 Å². The van der Waals surface area contributed by atoms with Gasteiger partial charge in [-0.05, 0) is 18.6 Å². The van der Waals surface area contributed by atoms with Gasteiger partial charge in [-0.2, -0.15) is 5.10 Å². The number of benzene rings is 1. The molecule has 2 N–H and O–H groups in total. The van der Waals surface area contributed by atoms with Crippen molar-refractivity contribution in [2.75, 3.05) is 30.5 Å². The lowest BCUT2D eigenvalue weighted by atomic mass is 9.92. The molecular formula is C22H30N4O5S. The molecule has 1 atom stereocenters. The smallest absolute Gasteiger partial charge is 0.255 e. The van der Waals surface area contributed by atoms with E-state index in [0.717, 1.165) is 5.69 Å². The second kappa shape index (κ2) is 9.32. The molecule has 1 aliphatic heterocycles. The highest BCUT2D eigenvalue weighted by molar-refractivity contribution is 7.91. The summed E-state index contributed by atoms with van der Waals surface area (Å²) in [6, 6.07) is 8.33. The molecule has 0 aliphatic carbocycles. The summed E-state index contributed by atoms with van der Waals surface area (Å²) in [5, 5.41) is 10.2. The Hall–Kier alpha value is -2.88. The van der Waals surface area contributed by atoms with Crippen molar-refractivity contribution >= 4 is 27.5 Å². The molecule has 32 heavy (non-hydrogen) atoms. The van der Waals surface area contributed by atoms with Crippen LogP contribution in [0.15, 0.2) is 30.3 Å². The Balaban J connectivity index is 1.65. The topological polar surface area (TPSA) is 119 Å². The van der Waals surface area contributed by atoms with Crippen molar-refractivity contribution in [3.8, 4) is 5.75 Å². The van der Waals surface area contributed by atoms with Gasteiger partial charge in [0.1, 0.15) is 11.6 Å². The number of carbonyl (C=O) groups is 2. The quantitative estimate of drug-likeness (QED) is 0.652. The van der Waals surface area contributed by atoms with Crippen LogP contribution in [0.1, 0.15) is 55.7 Å². The highest BCUT2D eigenvalue weighted by Gasteiger charge is 2.32. The van der Waals surface area contributed by atoms with Gasteiger partial charge in [0.2, 0.25) is 5.91 Å². The van der Waals surface area contributed by atoms with E-state index in [0.29, 0.717) is 23.6 Å². The molecule has 2 heterocycles. The van der Waals surface area contributed by atoms with Crippen molar-refractivity contribution in [1.29, 1.82) is 0 Å². The van der Waals surface area contributed by atoms with Crippen LogP contribution in [0.5, 0.6) is 5.75 Å². The van der Waals surface area contributed by atoms with Crippen LogP contribution < -0.4 is 15.4 Å². The van der Waals surface area contributed by atoms with Crippen LogP contribution in [0.2, 0.25) is 0 Å². The third-order valence-electron chi connectivity index (χ3n) is 5.32. The minimum Gasteiger partial charge on any atom is -0.496 e. The summed E-state index contributed by atoms with van der Waals surface area (Å²) in [4.78, 5) is 24.9. The number of ether oxygens (including phenoxy) is 1. The van der Waals surface area contributed by atoms with Crippen LogP contribution in [-0.4, -0.2) is 55.2 Å². The lowest BCUT2D eigenvalue weighted by Gasteiger charge is -2.15. The molecule has 0 bridgehead atoms. The van der Waals surface area contributed by atoms with Crippen molar-refractivity contribution in [1.82, 2.24) is 15.1 Å². The fourth-order valence-electron chi connectivity index (χ4n) is 3.52. The molecule has 174 valence electrons. The lowest BCUT2D eigenvalue weighted by Crippen LogP contribution is -2.28. The Morgan fingerprint density at radius 2 is 1.97 bits per heavy atom. The number of amides is 2. The first-order valence-electron chi connectivity index (χ1n) is 10.5. The molecule has 9 nitrogen and oxygen atoms in total. The minimum absolute atomic E-state index is 0.0100. The first-order valence-corrected chi connectivity index (χ1v) is 12.3. The molecular weight excluding hydrogens is 432 g/mol. The Kier molecular flexibility index (Phi) is 6.92. The SMILES string of the molecule is COc1ccccc1C(=O)NCCC(=O)Nc1cc(C(C)(C)C)nn1C1CCS(=O)(=O)C1. The van der Waals surface area contributed by atoms with E-state index in [4.69, 9.17) is 4.74 Å². The third kappa shape index (κ3) is 5.67. The van der Waals surface area contributed by atoms with Crippen molar-refractivity contribution in [3.63, 3.8) is 0 Å². The zero-order valence-corrected chi connectivity index (χ0v) is 19.7. The standard InChI is InChI=1S/C22H30N4O5S/c1-22(2,3)18-13-19(26(25-18)15-10-12-32(29,30)14-15)24-20(27)9-11-23-21(28)16-7-5-6-8-17(16)31-4/h5-8,13,15H,9-12,14H2,1-4H3,(H,23,28)(H,24,27). The van der Waals surface area contributed by atoms with Crippen LogP contribution in [0.3, 0.4) is 0 Å². The van der Waals surface area contributed by atoms with E-state index < -0.39 is 9.84 Å². The highest BCUT2D eigenvalue weighted by Crippen LogP contribution is 2.31. The molecule has 1 aliphatic rings. The molecule has 2 aromatic rings. The second-order valence-electron chi connectivity index (χ2n) is 8.92. The predicted octanol–water partition coefficient (Wildman–Crippen LogP) is 2.31. The van der Waals surface area contributed by atoms with Gasteiger partial charge in [0.15, 0.2) is 9.84 Å². The Morgan fingerprint density at radius 1 is 1.25 bits per heavy atom. The van der Waals surface area contributed by atoms with Gasteiger partial charge in [-0.1, -0.05) is 32.9 Å². The minimum atomic E-state index is -3.10. The van der Waals surface area contributed by atoms with Crippen molar-refractivity contribution in [2.24, 2.45) is 0 Å². The molecule has 0 radical (unpaired) electrons. The van der Waals surface area contributed by atoms with E-state index in [1.165, 1.54) is 7.11 Å². The molecule has 0 saturated carbocycles. The van der Waals surface area contributed by atoms with E-state index in [1.54, 1.807) is 35.0 Å². The zero-order chi connectivity index (χ0) is 23.5. The van der Waals surface area contributed by atoms with E-state index in [2.05, 4.69) is 15.7 Å². The van der Waals surface area contributed by atoms with Gasteiger partial charge in [0.05, 0.1) is 35.9 Å². The number of rotatable bonds is 7. The molecule has 1 aromatic heterocycles. The fourth-order valence-corrected chi connectivity index (χ4v) is 5.22. The summed E-state index contributed by atoms with van der Waals surface area (Å²) in [5.74, 6) is 0.429. The normalized spacial score (nSPS) is 17.7. The van der Waals surface area contributed by atoms with E-state index >= 15 is 0 Å². The number of aromatic nitrogens is 2. The van der Waals surface area contributed by atoms with Gasteiger partial charge in [-0.3, -0.25) is 9.59 Å². The Morgan fingerprint density at radius 3 is 2.59 bits per heavy atom.